The Balaban J connectivity index is 2.19. The van der Waals surface area contributed by atoms with Gasteiger partial charge in [-0.3, -0.25) is 0 Å². The van der Waals surface area contributed by atoms with E-state index in [4.69, 9.17) is 0 Å². The van der Waals surface area contributed by atoms with Crippen LogP contribution in [0.1, 0.15) is 5.01 Å². The average Bonchev–Trinajstić information content (AvgIpc) is 2.65. The highest BCUT2D eigenvalue weighted by atomic mass is 32.1. The first-order chi connectivity index (χ1) is 7.65. The summed E-state index contributed by atoms with van der Waals surface area (Å²) >= 11 is 1.55. The molecule has 1 aromatic heterocycles. The number of hydrogen-bond donors (Lipinski definition) is 0. The summed E-state index contributed by atoms with van der Waals surface area (Å²) in [6, 6.07) is 6.45. The number of aromatic nitrogens is 1. The summed E-state index contributed by atoms with van der Waals surface area (Å²) in [6.07, 6.45) is 0. The van der Waals surface area contributed by atoms with Crippen molar-refractivity contribution in [3.05, 3.63) is 34.7 Å². The lowest BCUT2D eigenvalue weighted by Gasteiger charge is -2.04. The molecule has 16 heavy (non-hydrogen) atoms. The zero-order valence-corrected chi connectivity index (χ0v) is 9.30. The van der Waals surface area contributed by atoms with Crippen LogP contribution in [0.25, 0.3) is 11.3 Å². The molecule has 84 valence electrons. The van der Waals surface area contributed by atoms with Gasteiger partial charge in [-0.05, 0) is 31.2 Å². The topological polar surface area (TPSA) is 22.1 Å². The highest BCUT2D eigenvalue weighted by Crippen LogP contribution is 2.24. The van der Waals surface area contributed by atoms with E-state index in [1.54, 1.807) is 23.5 Å². The first-order valence-electron chi connectivity index (χ1n) is 4.62. The second kappa shape index (κ2) is 4.57. The summed E-state index contributed by atoms with van der Waals surface area (Å²) in [6.45, 7) is -0.866. The van der Waals surface area contributed by atoms with Crippen molar-refractivity contribution in [1.29, 1.82) is 0 Å². The molecule has 1 heterocycles. The number of ether oxygens (including phenoxy) is 1. The van der Waals surface area contributed by atoms with E-state index in [1.807, 2.05) is 12.3 Å². The molecule has 0 bridgehead atoms. The van der Waals surface area contributed by atoms with Crippen molar-refractivity contribution in [1.82, 2.24) is 4.98 Å². The summed E-state index contributed by atoms with van der Waals surface area (Å²) in [7, 11) is 0. The molecule has 2 aromatic rings. The van der Waals surface area contributed by atoms with Crippen molar-refractivity contribution >= 4 is 11.3 Å². The lowest BCUT2D eigenvalue weighted by molar-refractivity contribution is -0.0498. The Morgan fingerprint density at radius 2 is 1.94 bits per heavy atom. The number of benzene rings is 1. The Hall–Kier alpha value is -1.49. The van der Waals surface area contributed by atoms with Crippen molar-refractivity contribution in [3.8, 4) is 17.0 Å². The molecule has 0 saturated heterocycles. The van der Waals surface area contributed by atoms with E-state index >= 15 is 0 Å². The molecule has 0 fully saturated rings. The van der Waals surface area contributed by atoms with Gasteiger partial charge in [0.25, 0.3) is 0 Å². The van der Waals surface area contributed by atoms with Gasteiger partial charge in [0.1, 0.15) is 5.75 Å². The van der Waals surface area contributed by atoms with Crippen LogP contribution in [-0.2, 0) is 0 Å². The molecular formula is C11H9F2NOS. The second-order valence-electron chi connectivity index (χ2n) is 3.15. The van der Waals surface area contributed by atoms with E-state index in [1.165, 1.54) is 12.1 Å². The zero-order valence-electron chi connectivity index (χ0n) is 8.48. The van der Waals surface area contributed by atoms with Gasteiger partial charge in [-0.1, -0.05) is 0 Å². The minimum Gasteiger partial charge on any atom is -0.435 e. The number of aryl methyl sites for hydroxylation is 1. The van der Waals surface area contributed by atoms with Gasteiger partial charge >= 0.3 is 6.61 Å². The Morgan fingerprint density at radius 1 is 1.25 bits per heavy atom. The van der Waals surface area contributed by atoms with E-state index in [2.05, 4.69) is 9.72 Å². The van der Waals surface area contributed by atoms with Crippen LogP contribution in [0.3, 0.4) is 0 Å². The van der Waals surface area contributed by atoms with Crippen LogP contribution in [-0.4, -0.2) is 11.6 Å². The lowest BCUT2D eigenvalue weighted by Crippen LogP contribution is -2.01. The minimum absolute atomic E-state index is 0.158. The molecule has 0 unspecified atom stereocenters. The van der Waals surface area contributed by atoms with E-state index in [0.717, 1.165) is 16.3 Å². The highest BCUT2D eigenvalue weighted by molar-refractivity contribution is 7.09. The van der Waals surface area contributed by atoms with Gasteiger partial charge in [-0.25, -0.2) is 4.98 Å². The van der Waals surface area contributed by atoms with E-state index in [-0.39, 0.29) is 5.75 Å². The molecule has 0 aliphatic rings. The lowest BCUT2D eigenvalue weighted by atomic mass is 10.2. The molecule has 0 amide bonds. The molecule has 0 aliphatic carbocycles. The molecule has 0 N–H and O–H groups in total. The predicted octanol–water partition coefficient (Wildman–Crippen LogP) is 3.72. The summed E-state index contributed by atoms with van der Waals surface area (Å²) < 4.78 is 28.1. The fourth-order valence-electron chi connectivity index (χ4n) is 1.30. The maximum atomic E-state index is 11.9. The Bertz CT molecular complexity index is 467. The predicted molar refractivity (Wildman–Crippen MR) is 58.9 cm³/mol. The van der Waals surface area contributed by atoms with Gasteiger partial charge in [0, 0.05) is 10.9 Å². The van der Waals surface area contributed by atoms with Crippen LogP contribution in [0.15, 0.2) is 29.6 Å². The molecule has 0 spiro atoms. The molecule has 0 atom stereocenters. The first-order valence-corrected chi connectivity index (χ1v) is 5.50. The summed E-state index contributed by atoms with van der Waals surface area (Å²) in [5, 5.41) is 2.90. The number of nitrogens with zero attached hydrogens (tertiary/aromatic N) is 1. The molecule has 5 heteroatoms. The smallest absolute Gasteiger partial charge is 0.387 e. The summed E-state index contributed by atoms with van der Waals surface area (Å²) in [5.41, 5.74) is 1.75. The Kier molecular flexibility index (Phi) is 3.14. The van der Waals surface area contributed by atoms with Gasteiger partial charge < -0.3 is 4.74 Å². The number of rotatable bonds is 3. The number of halogens is 2. The fourth-order valence-corrected chi connectivity index (χ4v) is 1.93. The largest absolute Gasteiger partial charge is 0.435 e. The van der Waals surface area contributed by atoms with Crippen LogP contribution in [0.5, 0.6) is 5.75 Å². The van der Waals surface area contributed by atoms with Crippen LogP contribution in [0.2, 0.25) is 0 Å². The van der Waals surface area contributed by atoms with Gasteiger partial charge in [0.05, 0.1) is 10.7 Å². The van der Waals surface area contributed by atoms with Crippen molar-refractivity contribution in [3.63, 3.8) is 0 Å². The molecule has 2 rings (SSSR count). The minimum atomic E-state index is -2.78. The van der Waals surface area contributed by atoms with Gasteiger partial charge in [-0.15, -0.1) is 11.3 Å². The maximum Gasteiger partial charge on any atom is 0.387 e. The number of hydrogen-bond acceptors (Lipinski definition) is 3. The van der Waals surface area contributed by atoms with Crippen LogP contribution in [0, 0.1) is 6.92 Å². The monoisotopic (exact) mass is 241 g/mol. The number of thiazole rings is 1. The molecular weight excluding hydrogens is 232 g/mol. The van der Waals surface area contributed by atoms with Gasteiger partial charge in [0.2, 0.25) is 0 Å². The normalized spacial score (nSPS) is 10.8. The fraction of sp³-hybridized carbons (Fsp3) is 0.182. The molecule has 0 radical (unpaired) electrons. The Labute approximate surface area is 95.5 Å². The zero-order chi connectivity index (χ0) is 11.5. The standard InChI is InChI=1S/C11H9F2NOS/c1-7-14-10(6-16-7)8-2-4-9(5-3-8)15-11(12)13/h2-6,11H,1H3. The van der Waals surface area contributed by atoms with Crippen molar-refractivity contribution in [2.75, 3.05) is 0 Å². The van der Waals surface area contributed by atoms with Gasteiger partial charge in [-0.2, -0.15) is 8.78 Å². The van der Waals surface area contributed by atoms with E-state index in [0.29, 0.717) is 0 Å². The second-order valence-corrected chi connectivity index (χ2v) is 4.22. The summed E-state index contributed by atoms with van der Waals surface area (Å²) in [4.78, 5) is 4.30. The van der Waals surface area contributed by atoms with E-state index < -0.39 is 6.61 Å². The maximum absolute atomic E-state index is 11.9. The van der Waals surface area contributed by atoms with Crippen molar-refractivity contribution in [2.45, 2.75) is 13.5 Å². The van der Waals surface area contributed by atoms with Crippen LogP contribution < -0.4 is 4.74 Å². The van der Waals surface area contributed by atoms with Crippen LogP contribution >= 0.6 is 11.3 Å². The average molecular weight is 241 g/mol. The molecule has 1 aromatic carbocycles. The van der Waals surface area contributed by atoms with Crippen molar-refractivity contribution < 1.29 is 13.5 Å². The van der Waals surface area contributed by atoms with Gasteiger partial charge in [0.15, 0.2) is 0 Å². The Morgan fingerprint density at radius 3 is 2.44 bits per heavy atom. The number of alkyl halides is 2. The molecule has 2 nitrogen and oxygen atoms in total. The molecule has 0 aliphatic heterocycles. The van der Waals surface area contributed by atoms with Crippen molar-refractivity contribution in [2.24, 2.45) is 0 Å². The first kappa shape index (κ1) is 11.0. The third kappa shape index (κ3) is 2.55. The summed E-state index contributed by atoms with van der Waals surface area (Å²) in [5.74, 6) is 0.158. The third-order valence-corrected chi connectivity index (χ3v) is 2.77. The SMILES string of the molecule is Cc1nc(-c2ccc(OC(F)F)cc2)cs1. The van der Waals surface area contributed by atoms with E-state index in [9.17, 15) is 8.78 Å². The highest BCUT2D eigenvalue weighted by Gasteiger charge is 2.05. The third-order valence-electron chi connectivity index (χ3n) is 1.99. The van der Waals surface area contributed by atoms with Crippen LogP contribution in [0.4, 0.5) is 8.78 Å². The quantitative estimate of drug-likeness (QED) is 0.817. The molecule has 0 saturated carbocycles.